The van der Waals surface area contributed by atoms with Crippen molar-refractivity contribution in [2.24, 2.45) is 4.99 Å². The molecule has 1 saturated carbocycles. The van der Waals surface area contributed by atoms with Crippen molar-refractivity contribution in [1.29, 1.82) is 0 Å². The molecule has 0 bridgehead atoms. The second-order valence-electron chi connectivity index (χ2n) is 7.14. The average molecular weight is 456 g/mol. The maximum Gasteiger partial charge on any atom is 0.267 e. The Balaban J connectivity index is 1.74. The first-order chi connectivity index (χ1) is 13.6. The van der Waals surface area contributed by atoms with Crippen LogP contribution < -0.4 is 0 Å². The van der Waals surface area contributed by atoms with Crippen LogP contribution in [-0.2, 0) is 4.79 Å². The Labute approximate surface area is 178 Å². The van der Waals surface area contributed by atoms with Crippen molar-refractivity contribution in [3.05, 3.63) is 63.7 Å². The number of hydrogen-bond donors (Lipinski definition) is 0. The Bertz CT molecular complexity index is 919. The largest absolute Gasteiger partial charge is 0.283 e. The normalized spacial score (nSPS) is 21.4. The van der Waals surface area contributed by atoms with Gasteiger partial charge >= 0.3 is 0 Å². The fourth-order valence-electron chi connectivity index (χ4n) is 3.72. The summed E-state index contributed by atoms with van der Waals surface area (Å²) in [5.74, 6) is 0.0833. The molecule has 2 heterocycles. The predicted molar refractivity (Wildman–Crippen MR) is 119 cm³/mol. The van der Waals surface area contributed by atoms with Gasteiger partial charge in [-0.3, -0.25) is 14.7 Å². The smallest absolute Gasteiger partial charge is 0.267 e. The van der Waals surface area contributed by atoms with E-state index in [1.165, 1.54) is 31.0 Å². The molecule has 1 saturated heterocycles. The number of allylic oxidation sites excluding steroid dienone is 1. The highest BCUT2D eigenvalue weighted by Crippen LogP contribution is 2.41. The number of aliphatic imine (C=N–C) groups is 1. The number of pyridine rings is 1. The lowest BCUT2D eigenvalue weighted by Crippen LogP contribution is -2.40. The molecule has 2 aliphatic rings. The monoisotopic (exact) mass is 455 g/mol. The molecule has 144 valence electrons. The molecule has 1 aliphatic heterocycles. The van der Waals surface area contributed by atoms with E-state index in [0.29, 0.717) is 0 Å². The second kappa shape index (κ2) is 8.62. The maximum atomic E-state index is 13.4. The van der Waals surface area contributed by atoms with E-state index in [4.69, 9.17) is 4.99 Å². The van der Waals surface area contributed by atoms with Gasteiger partial charge in [0.2, 0.25) is 0 Å². The highest BCUT2D eigenvalue weighted by atomic mass is 79.9. The van der Waals surface area contributed by atoms with E-state index in [2.05, 4.69) is 20.9 Å². The molecule has 1 amide bonds. The van der Waals surface area contributed by atoms with Crippen molar-refractivity contribution in [3.8, 4) is 0 Å². The van der Waals surface area contributed by atoms with E-state index in [0.717, 1.165) is 44.2 Å². The number of hydrogen-bond acceptors (Lipinski definition) is 4. The van der Waals surface area contributed by atoms with Crippen LogP contribution in [0.2, 0.25) is 0 Å². The topological polar surface area (TPSA) is 45.6 Å². The van der Waals surface area contributed by atoms with Crippen LogP contribution in [0.25, 0.3) is 5.57 Å². The van der Waals surface area contributed by atoms with Crippen LogP contribution >= 0.6 is 27.7 Å². The van der Waals surface area contributed by atoms with Crippen LogP contribution in [0, 0.1) is 0 Å². The van der Waals surface area contributed by atoms with Gasteiger partial charge in [0.15, 0.2) is 5.17 Å². The lowest BCUT2D eigenvalue weighted by molar-refractivity contribution is -0.124. The molecule has 0 radical (unpaired) electrons. The zero-order valence-corrected chi connectivity index (χ0v) is 18.2. The van der Waals surface area contributed by atoms with Crippen molar-refractivity contribution in [1.82, 2.24) is 9.88 Å². The molecule has 0 atom stereocenters. The molecule has 1 aliphatic carbocycles. The van der Waals surface area contributed by atoms with E-state index in [1.54, 1.807) is 12.4 Å². The molecule has 1 aromatic carbocycles. The van der Waals surface area contributed by atoms with Crippen molar-refractivity contribution < 1.29 is 4.79 Å². The molecular formula is C22H22BrN3OS. The minimum Gasteiger partial charge on any atom is -0.283 e. The number of amides is 1. The fourth-order valence-corrected chi connectivity index (χ4v) is 5.10. The molecule has 1 aromatic heterocycles. The molecule has 4 rings (SSSR count). The van der Waals surface area contributed by atoms with Crippen molar-refractivity contribution >= 4 is 50.0 Å². The number of amidine groups is 1. The van der Waals surface area contributed by atoms with Gasteiger partial charge in [-0.15, -0.1) is 0 Å². The van der Waals surface area contributed by atoms with Crippen molar-refractivity contribution in [3.63, 3.8) is 0 Å². The first-order valence-corrected chi connectivity index (χ1v) is 11.2. The predicted octanol–water partition coefficient (Wildman–Crippen LogP) is 6.17. The van der Waals surface area contributed by atoms with E-state index < -0.39 is 0 Å². The number of nitrogens with zero attached hydrogens (tertiary/aromatic N) is 3. The molecule has 2 fully saturated rings. The maximum absolute atomic E-state index is 13.4. The van der Waals surface area contributed by atoms with Crippen LogP contribution in [-0.4, -0.2) is 27.0 Å². The van der Waals surface area contributed by atoms with Gasteiger partial charge in [0.05, 0.1) is 16.8 Å². The Kier molecular flexibility index (Phi) is 5.97. The highest BCUT2D eigenvalue weighted by molar-refractivity contribution is 9.10. The first-order valence-electron chi connectivity index (χ1n) is 9.60. The third kappa shape index (κ3) is 4.08. The quantitative estimate of drug-likeness (QED) is 0.519. The number of carbonyl (C=O) groups excluding carboxylic acids is 1. The summed E-state index contributed by atoms with van der Waals surface area (Å²) < 4.78 is 1.03. The Hall–Kier alpha value is -1.92. The summed E-state index contributed by atoms with van der Waals surface area (Å²) in [6.07, 6.45) is 9.15. The van der Waals surface area contributed by atoms with Crippen LogP contribution in [0.4, 0.5) is 5.69 Å². The zero-order chi connectivity index (χ0) is 19.5. The Morgan fingerprint density at radius 3 is 2.61 bits per heavy atom. The molecular weight excluding hydrogens is 434 g/mol. The minimum absolute atomic E-state index is 0.0833. The van der Waals surface area contributed by atoms with Gasteiger partial charge in [-0.05, 0) is 66.9 Å². The molecule has 28 heavy (non-hydrogen) atoms. The molecule has 0 spiro atoms. The standard InChI is InChI=1S/C22H22BrN3OS/c1-15(16-9-11-17(23)12-10-16)20-21(27)26(19-7-3-2-4-8-19)22(28-20)25-18-6-5-13-24-14-18/h5-6,9-14,19H,2-4,7-8H2,1H3/b20-15-,25-22?. The SMILES string of the molecule is C/C(=C1/SC(=Nc2cccnc2)N(C2CCCCC2)C1=O)c1ccc(Br)cc1. The number of rotatable bonds is 3. The third-order valence-electron chi connectivity index (χ3n) is 5.24. The summed E-state index contributed by atoms with van der Waals surface area (Å²) in [7, 11) is 0. The fraction of sp³-hybridized carbons (Fsp3) is 0.318. The van der Waals surface area contributed by atoms with Crippen LogP contribution in [0.1, 0.15) is 44.6 Å². The summed E-state index contributed by atoms with van der Waals surface area (Å²) in [6, 6.07) is 12.1. The third-order valence-corrected chi connectivity index (χ3v) is 6.92. The number of thioether (sulfide) groups is 1. The Morgan fingerprint density at radius 2 is 1.93 bits per heavy atom. The number of aromatic nitrogens is 1. The van der Waals surface area contributed by atoms with E-state index in [9.17, 15) is 4.79 Å². The Morgan fingerprint density at radius 1 is 1.18 bits per heavy atom. The molecule has 0 N–H and O–H groups in total. The van der Waals surface area contributed by atoms with Gasteiger partial charge in [0, 0.05) is 16.7 Å². The van der Waals surface area contributed by atoms with Crippen molar-refractivity contribution in [2.45, 2.75) is 45.1 Å². The molecule has 2 aromatic rings. The first kappa shape index (κ1) is 19.4. The summed E-state index contributed by atoms with van der Waals surface area (Å²) in [6.45, 7) is 2.02. The van der Waals surface area contributed by atoms with E-state index in [1.807, 2.05) is 48.2 Å². The van der Waals surface area contributed by atoms with Gasteiger partial charge in [0.1, 0.15) is 0 Å². The lowest BCUT2D eigenvalue weighted by Gasteiger charge is -2.30. The zero-order valence-electron chi connectivity index (χ0n) is 15.8. The van der Waals surface area contributed by atoms with E-state index in [-0.39, 0.29) is 11.9 Å². The summed E-state index contributed by atoms with van der Waals surface area (Å²) in [5.41, 5.74) is 2.84. The van der Waals surface area contributed by atoms with Gasteiger partial charge in [-0.1, -0.05) is 47.3 Å². The molecule has 4 nitrogen and oxygen atoms in total. The van der Waals surface area contributed by atoms with Crippen molar-refractivity contribution in [2.75, 3.05) is 0 Å². The van der Waals surface area contributed by atoms with Crippen LogP contribution in [0.5, 0.6) is 0 Å². The highest BCUT2D eigenvalue weighted by Gasteiger charge is 2.39. The van der Waals surface area contributed by atoms with Crippen LogP contribution in [0.3, 0.4) is 0 Å². The van der Waals surface area contributed by atoms with E-state index >= 15 is 0 Å². The number of benzene rings is 1. The second-order valence-corrected chi connectivity index (χ2v) is 9.03. The molecule has 0 unspecified atom stereocenters. The van der Waals surface area contributed by atoms with Gasteiger partial charge in [-0.25, -0.2) is 4.99 Å². The summed E-state index contributed by atoms with van der Waals surface area (Å²) in [5, 5.41) is 0.774. The number of carbonyl (C=O) groups is 1. The summed E-state index contributed by atoms with van der Waals surface area (Å²) in [4.78, 5) is 25.1. The molecule has 6 heteroatoms. The lowest BCUT2D eigenvalue weighted by atomic mass is 9.94. The minimum atomic E-state index is 0.0833. The van der Waals surface area contributed by atoms with Crippen LogP contribution in [0.15, 0.2) is 63.2 Å². The van der Waals surface area contributed by atoms with Gasteiger partial charge in [-0.2, -0.15) is 0 Å². The van der Waals surface area contributed by atoms with Gasteiger partial charge < -0.3 is 0 Å². The summed E-state index contributed by atoms with van der Waals surface area (Å²) >= 11 is 4.97. The average Bonchev–Trinajstić information content (AvgIpc) is 3.05. The van der Waals surface area contributed by atoms with Gasteiger partial charge in [0.25, 0.3) is 5.91 Å². The number of halogens is 1.